The fraction of sp³-hybridized carbons (Fsp3) is 1.00. The lowest BCUT2D eigenvalue weighted by molar-refractivity contribution is 0.118. The van der Waals surface area contributed by atoms with Crippen molar-refractivity contribution < 1.29 is 0 Å². The van der Waals surface area contributed by atoms with Crippen molar-refractivity contribution in [3.63, 3.8) is 0 Å². The summed E-state index contributed by atoms with van der Waals surface area (Å²) in [5.74, 6) is 4.84. The normalized spacial score (nSPS) is 32.0. The summed E-state index contributed by atoms with van der Waals surface area (Å²) in [6.07, 6.45) is 12.0. The standard InChI is InChI=1S/C20H39N/c1-15(2)17-10-11-18(14-21-20(3,4)5)19(13-17)12-16-8-6-7-9-16/h15-19,21H,6-14H2,1-5H3. The predicted molar refractivity (Wildman–Crippen MR) is 93.5 cm³/mol. The van der Waals surface area contributed by atoms with Crippen LogP contribution in [0, 0.1) is 29.6 Å². The topological polar surface area (TPSA) is 12.0 Å². The molecular weight excluding hydrogens is 254 g/mol. The lowest BCUT2D eigenvalue weighted by Crippen LogP contribution is -2.42. The van der Waals surface area contributed by atoms with Gasteiger partial charge in [-0.05, 0) is 82.6 Å². The lowest BCUT2D eigenvalue weighted by atomic mass is 9.67. The molecule has 0 spiro atoms. The number of hydrogen-bond donors (Lipinski definition) is 1. The van der Waals surface area contributed by atoms with Gasteiger partial charge in [0, 0.05) is 5.54 Å². The lowest BCUT2D eigenvalue weighted by Gasteiger charge is -2.40. The molecule has 3 atom stereocenters. The summed E-state index contributed by atoms with van der Waals surface area (Å²) >= 11 is 0. The van der Waals surface area contributed by atoms with Gasteiger partial charge in [0.2, 0.25) is 0 Å². The Balaban J connectivity index is 1.92. The summed E-state index contributed by atoms with van der Waals surface area (Å²) in [6, 6.07) is 0. The van der Waals surface area contributed by atoms with Crippen LogP contribution in [0.5, 0.6) is 0 Å². The minimum Gasteiger partial charge on any atom is -0.312 e. The summed E-state index contributed by atoms with van der Waals surface area (Å²) in [6.45, 7) is 13.0. The van der Waals surface area contributed by atoms with Crippen molar-refractivity contribution in [1.29, 1.82) is 0 Å². The van der Waals surface area contributed by atoms with Crippen molar-refractivity contribution in [2.24, 2.45) is 29.6 Å². The summed E-state index contributed by atoms with van der Waals surface area (Å²) in [7, 11) is 0. The van der Waals surface area contributed by atoms with E-state index in [4.69, 9.17) is 0 Å². The van der Waals surface area contributed by atoms with E-state index in [1.54, 1.807) is 0 Å². The maximum absolute atomic E-state index is 3.79. The largest absolute Gasteiger partial charge is 0.312 e. The predicted octanol–water partition coefficient (Wildman–Crippen LogP) is 5.64. The van der Waals surface area contributed by atoms with E-state index in [-0.39, 0.29) is 5.54 Å². The van der Waals surface area contributed by atoms with Crippen molar-refractivity contribution in [3.05, 3.63) is 0 Å². The van der Waals surface area contributed by atoms with Gasteiger partial charge in [-0.15, -0.1) is 0 Å². The molecule has 0 aromatic heterocycles. The van der Waals surface area contributed by atoms with E-state index >= 15 is 0 Å². The number of rotatable bonds is 5. The SMILES string of the molecule is CC(C)C1CCC(CNC(C)(C)C)C(CC2CCCC2)C1. The molecule has 21 heavy (non-hydrogen) atoms. The summed E-state index contributed by atoms with van der Waals surface area (Å²) in [5.41, 5.74) is 0.271. The zero-order valence-corrected chi connectivity index (χ0v) is 15.3. The highest BCUT2D eigenvalue weighted by Crippen LogP contribution is 2.43. The minimum atomic E-state index is 0.271. The minimum absolute atomic E-state index is 0.271. The summed E-state index contributed by atoms with van der Waals surface area (Å²) in [4.78, 5) is 0. The van der Waals surface area contributed by atoms with Crippen molar-refractivity contribution >= 4 is 0 Å². The molecular formula is C20H39N. The van der Waals surface area contributed by atoms with Crippen molar-refractivity contribution in [2.75, 3.05) is 6.54 Å². The van der Waals surface area contributed by atoms with Crippen molar-refractivity contribution in [2.45, 2.75) is 91.5 Å². The Kier molecular flexibility index (Phi) is 6.17. The quantitative estimate of drug-likeness (QED) is 0.691. The van der Waals surface area contributed by atoms with E-state index < -0.39 is 0 Å². The molecule has 1 heteroatoms. The Morgan fingerprint density at radius 1 is 0.952 bits per heavy atom. The van der Waals surface area contributed by atoms with Crippen LogP contribution in [-0.4, -0.2) is 12.1 Å². The van der Waals surface area contributed by atoms with E-state index in [0.29, 0.717) is 0 Å². The van der Waals surface area contributed by atoms with Gasteiger partial charge >= 0.3 is 0 Å². The Morgan fingerprint density at radius 2 is 1.62 bits per heavy atom. The van der Waals surface area contributed by atoms with Gasteiger partial charge in [-0.1, -0.05) is 39.5 Å². The highest BCUT2D eigenvalue weighted by Gasteiger charge is 2.34. The van der Waals surface area contributed by atoms with Crippen LogP contribution in [0.25, 0.3) is 0 Å². The van der Waals surface area contributed by atoms with Crippen LogP contribution in [0.3, 0.4) is 0 Å². The van der Waals surface area contributed by atoms with Crippen molar-refractivity contribution in [1.82, 2.24) is 5.32 Å². The second kappa shape index (κ2) is 7.49. The first-order chi connectivity index (χ1) is 9.85. The van der Waals surface area contributed by atoms with E-state index in [1.807, 2.05) is 0 Å². The van der Waals surface area contributed by atoms with Crippen LogP contribution >= 0.6 is 0 Å². The molecule has 2 aliphatic rings. The number of hydrogen-bond acceptors (Lipinski definition) is 1. The zero-order chi connectivity index (χ0) is 15.5. The van der Waals surface area contributed by atoms with Crippen LogP contribution in [0.2, 0.25) is 0 Å². The molecule has 1 N–H and O–H groups in total. The molecule has 2 saturated carbocycles. The molecule has 3 unspecified atom stereocenters. The van der Waals surface area contributed by atoms with Gasteiger partial charge < -0.3 is 5.32 Å². The first kappa shape index (κ1) is 17.3. The van der Waals surface area contributed by atoms with E-state index in [0.717, 1.165) is 29.6 Å². The number of nitrogens with one attached hydrogen (secondary N) is 1. The molecule has 124 valence electrons. The second-order valence-electron chi connectivity index (χ2n) is 9.35. The molecule has 0 heterocycles. The first-order valence-corrected chi connectivity index (χ1v) is 9.60. The maximum atomic E-state index is 3.79. The van der Waals surface area contributed by atoms with Gasteiger partial charge in [-0.2, -0.15) is 0 Å². The smallest absolute Gasteiger partial charge is 0.00966 e. The third-order valence-electron chi connectivity index (χ3n) is 6.13. The van der Waals surface area contributed by atoms with Crippen LogP contribution in [0.15, 0.2) is 0 Å². The average Bonchev–Trinajstić information content (AvgIpc) is 2.89. The van der Waals surface area contributed by atoms with Crippen LogP contribution < -0.4 is 5.32 Å². The fourth-order valence-corrected chi connectivity index (χ4v) is 4.64. The van der Waals surface area contributed by atoms with Gasteiger partial charge in [-0.3, -0.25) is 0 Å². The van der Waals surface area contributed by atoms with Gasteiger partial charge in [0.1, 0.15) is 0 Å². The zero-order valence-electron chi connectivity index (χ0n) is 15.3. The molecule has 2 aliphatic carbocycles. The van der Waals surface area contributed by atoms with Gasteiger partial charge in [0.05, 0.1) is 0 Å². The monoisotopic (exact) mass is 293 g/mol. The average molecular weight is 294 g/mol. The second-order valence-corrected chi connectivity index (χ2v) is 9.35. The van der Waals surface area contributed by atoms with Crippen LogP contribution in [0.1, 0.15) is 86.0 Å². The third kappa shape index (κ3) is 5.58. The van der Waals surface area contributed by atoms with Crippen molar-refractivity contribution in [3.8, 4) is 0 Å². The molecule has 0 aromatic rings. The van der Waals surface area contributed by atoms with Gasteiger partial charge in [-0.25, -0.2) is 0 Å². The Labute approximate surface area is 133 Å². The molecule has 2 rings (SSSR count). The molecule has 0 saturated heterocycles. The Morgan fingerprint density at radius 3 is 2.19 bits per heavy atom. The molecule has 1 nitrogen and oxygen atoms in total. The molecule has 0 amide bonds. The van der Waals surface area contributed by atoms with E-state index in [9.17, 15) is 0 Å². The van der Waals surface area contributed by atoms with E-state index in [2.05, 4.69) is 39.9 Å². The van der Waals surface area contributed by atoms with Gasteiger partial charge in [0.25, 0.3) is 0 Å². The summed E-state index contributed by atoms with van der Waals surface area (Å²) in [5, 5.41) is 3.79. The Bertz CT molecular complexity index is 293. The molecule has 0 bridgehead atoms. The fourth-order valence-electron chi connectivity index (χ4n) is 4.64. The first-order valence-electron chi connectivity index (χ1n) is 9.60. The van der Waals surface area contributed by atoms with Crippen LogP contribution in [0.4, 0.5) is 0 Å². The molecule has 0 aliphatic heterocycles. The van der Waals surface area contributed by atoms with E-state index in [1.165, 1.54) is 57.9 Å². The molecule has 2 fully saturated rings. The van der Waals surface area contributed by atoms with Crippen LogP contribution in [-0.2, 0) is 0 Å². The molecule has 0 radical (unpaired) electrons. The Hall–Kier alpha value is -0.0400. The third-order valence-corrected chi connectivity index (χ3v) is 6.13. The van der Waals surface area contributed by atoms with Gasteiger partial charge in [0.15, 0.2) is 0 Å². The highest BCUT2D eigenvalue weighted by atomic mass is 14.9. The highest BCUT2D eigenvalue weighted by molar-refractivity contribution is 4.86. The molecule has 0 aromatic carbocycles. The maximum Gasteiger partial charge on any atom is 0.00966 e. The summed E-state index contributed by atoms with van der Waals surface area (Å²) < 4.78 is 0.